The van der Waals surface area contributed by atoms with E-state index in [0.717, 1.165) is 26.1 Å². The van der Waals surface area contributed by atoms with Gasteiger partial charge < -0.3 is 10.1 Å². The molecule has 2 nitrogen and oxygen atoms in total. The van der Waals surface area contributed by atoms with Crippen LogP contribution in [-0.2, 0) is 11.3 Å². The summed E-state index contributed by atoms with van der Waals surface area (Å²) in [6.45, 7) is 7.45. The maximum atomic E-state index is 5.69. The Balaban J connectivity index is 1.74. The van der Waals surface area contributed by atoms with Gasteiger partial charge in [-0.25, -0.2) is 0 Å². The minimum absolute atomic E-state index is 0.483. The average molecular weight is 239 g/mol. The molecule has 0 aliphatic carbocycles. The van der Waals surface area contributed by atoms with E-state index in [1.165, 1.54) is 16.9 Å². The van der Waals surface area contributed by atoms with Crippen molar-refractivity contribution in [1.82, 2.24) is 5.32 Å². The summed E-state index contributed by atoms with van der Waals surface area (Å²) >= 11 is 1.84. The molecule has 90 valence electrons. The standard InChI is InChI=1S/C13H21NOS/c1-3-12-11(4-6-15-12)8-14-9-13-10(2)5-7-16-13/h5,7,11-12,14H,3-4,6,8-9H2,1-2H3. The van der Waals surface area contributed by atoms with Gasteiger partial charge in [-0.1, -0.05) is 6.92 Å². The minimum atomic E-state index is 0.483. The van der Waals surface area contributed by atoms with Crippen LogP contribution in [0.5, 0.6) is 0 Å². The second kappa shape index (κ2) is 5.80. The van der Waals surface area contributed by atoms with Crippen molar-refractivity contribution < 1.29 is 4.74 Å². The lowest BCUT2D eigenvalue weighted by Gasteiger charge is -2.17. The van der Waals surface area contributed by atoms with E-state index in [4.69, 9.17) is 4.74 Å². The van der Waals surface area contributed by atoms with Crippen molar-refractivity contribution in [3.05, 3.63) is 21.9 Å². The number of hydrogen-bond acceptors (Lipinski definition) is 3. The van der Waals surface area contributed by atoms with Crippen LogP contribution in [0.1, 0.15) is 30.2 Å². The van der Waals surface area contributed by atoms with E-state index in [0.29, 0.717) is 12.0 Å². The van der Waals surface area contributed by atoms with E-state index in [-0.39, 0.29) is 0 Å². The monoisotopic (exact) mass is 239 g/mol. The van der Waals surface area contributed by atoms with Crippen molar-refractivity contribution >= 4 is 11.3 Å². The molecule has 0 aromatic carbocycles. The van der Waals surface area contributed by atoms with Gasteiger partial charge in [0, 0.05) is 24.6 Å². The van der Waals surface area contributed by atoms with Gasteiger partial charge in [-0.3, -0.25) is 0 Å². The summed E-state index contributed by atoms with van der Waals surface area (Å²) in [7, 11) is 0. The Labute approximate surface area is 102 Å². The molecule has 1 fully saturated rings. The SMILES string of the molecule is CCC1OCCC1CNCc1sccc1C. The molecular formula is C13H21NOS. The number of rotatable bonds is 5. The third-order valence-electron chi connectivity index (χ3n) is 3.41. The van der Waals surface area contributed by atoms with Gasteiger partial charge in [0.05, 0.1) is 6.10 Å². The van der Waals surface area contributed by atoms with Crippen LogP contribution >= 0.6 is 11.3 Å². The van der Waals surface area contributed by atoms with Gasteiger partial charge in [0.25, 0.3) is 0 Å². The highest BCUT2D eigenvalue weighted by molar-refractivity contribution is 7.10. The van der Waals surface area contributed by atoms with Crippen molar-refractivity contribution in [2.45, 2.75) is 39.3 Å². The number of hydrogen-bond donors (Lipinski definition) is 1. The Bertz CT molecular complexity index is 323. The van der Waals surface area contributed by atoms with Crippen molar-refractivity contribution in [2.75, 3.05) is 13.2 Å². The Morgan fingerprint density at radius 2 is 2.44 bits per heavy atom. The Hall–Kier alpha value is -0.380. The molecule has 0 amide bonds. The van der Waals surface area contributed by atoms with Crippen LogP contribution in [0.3, 0.4) is 0 Å². The molecule has 2 heterocycles. The fourth-order valence-electron chi connectivity index (χ4n) is 2.33. The molecule has 1 aliphatic rings. The maximum absolute atomic E-state index is 5.69. The number of nitrogens with one attached hydrogen (secondary N) is 1. The van der Waals surface area contributed by atoms with E-state index in [2.05, 4.69) is 30.6 Å². The molecule has 1 aliphatic heterocycles. The van der Waals surface area contributed by atoms with Crippen LogP contribution in [0, 0.1) is 12.8 Å². The number of ether oxygens (including phenoxy) is 1. The van der Waals surface area contributed by atoms with E-state index in [1.807, 2.05) is 11.3 Å². The van der Waals surface area contributed by atoms with E-state index < -0.39 is 0 Å². The zero-order valence-corrected chi connectivity index (χ0v) is 11.0. The topological polar surface area (TPSA) is 21.3 Å². The molecule has 0 saturated carbocycles. The Kier molecular flexibility index (Phi) is 4.38. The third kappa shape index (κ3) is 2.84. The van der Waals surface area contributed by atoms with Crippen molar-refractivity contribution in [2.24, 2.45) is 5.92 Å². The van der Waals surface area contributed by atoms with Gasteiger partial charge >= 0.3 is 0 Å². The molecule has 1 N–H and O–H groups in total. The lowest BCUT2D eigenvalue weighted by atomic mass is 10.00. The lowest BCUT2D eigenvalue weighted by molar-refractivity contribution is 0.0872. The summed E-state index contributed by atoms with van der Waals surface area (Å²) in [6.07, 6.45) is 2.84. The zero-order chi connectivity index (χ0) is 11.4. The molecule has 1 aromatic heterocycles. The summed E-state index contributed by atoms with van der Waals surface area (Å²) in [6, 6.07) is 2.19. The largest absolute Gasteiger partial charge is 0.378 e. The first kappa shape index (κ1) is 12.1. The molecule has 1 aromatic rings. The van der Waals surface area contributed by atoms with Gasteiger partial charge in [-0.15, -0.1) is 11.3 Å². The van der Waals surface area contributed by atoms with E-state index >= 15 is 0 Å². The summed E-state index contributed by atoms with van der Waals surface area (Å²) in [5.74, 6) is 0.713. The first-order chi connectivity index (χ1) is 7.81. The fourth-order valence-corrected chi connectivity index (χ4v) is 3.21. The summed E-state index contributed by atoms with van der Waals surface area (Å²) in [5.41, 5.74) is 1.41. The number of thiophene rings is 1. The first-order valence-corrected chi connectivity index (χ1v) is 7.04. The predicted octanol–water partition coefficient (Wildman–Crippen LogP) is 2.96. The molecule has 2 atom stereocenters. The predicted molar refractivity (Wildman–Crippen MR) is 68.9 cm³/mol. The van der Waals surface area contributed by atoms with Crippen LogP contribution in [0.25, 0.3) is 0 Å². The fraction of sp³-hybridized carbons (Fsp3) is 0.692. The van der Waals surface area contributed by atoms with Gasteiger partial charge in [-0.05, 0) is 42.7 Å². The van der Waals surface area contributed by atoms with Gasteiger partial charge in [0.2, 0.25) is 0 Å². The molecular weight excluding hydrogens is 218 g/mol. The van der Waals surface area contributed by atoms with E-state index in [9.17, 15) is 0 Å². The van der Waals surface area contributed by atoms with Crippen molar-refractivity contribution in [3.63, 3.8) is 0 Å². The number of aryl methyl sites for hydroxylation is 1. The lowest BCUT2D eigenvalue weighted by Crippen LogP contribution is -2.27. The quantitative estimate of drug-likeness (QED) is 0.853. The highest BCUT2D eigenvalue weighted by Crippen LogP contribution is 2.23. The molecule has 0 spiro atoms. The molecule has 16 heavy (non-hydrogen) atoms. The zero-order valence-electron chi connectivity index (χ0n) is 10.2. The molecule has 1 saturated heterocycles. The van der Waals surface area contributed by atoms with Crippen molar-refractivity contribution in [1.29, 1.82) is 0 Å². The molecule has 0 bridgehead atoms. The second-order valence-corrected chi connectivity index (χ2v) is 5.52. The van der Waals surface area contributed by atoms with Gasteiger partial charge in [0.15, 0.2) is 0 Å². The Morgan fingerprint density at radius 3 is 3.12 bits per heavy atom. The van der Waals surface area contributed by atoms with Crippen LogP contribution in [0.15, 0.2) is 11.4 Å². The Morgan fingerprint density at radius 1 is 1.56 bits per heavy atom. The van der Waals surface area contributed by atoms with Crippen LogP contribution in [0.2, 0.25) is 0 Å². The first-order valence-electron chi connectivity index (χ1n) is 6.16. The normalized spacial score (nSPS) is 25.1. The molecule has 2 unspecified atom stereocenters. The average Bonchev–Trinajstić information content (AvgIpc) is 2.88. The van der Waals surface area contributed by atoms with Gasteiger partial charge in [0.1, 0.15) is 0 Å². The van der Waals surface area contributed by atoms with Crippen molar-refractivity contribution in [3.8, 4) is 0 Å². The molecule has 3 heteroatoms. The summed E-state index contributed by atoms with van der Waals surface area (Å²) in [4.78, 5) is 1.46. The second-order valence-electron chi connectivity index (χ2n) is 4.52. The van der Waals surface area contributed by atoms with Gasteiger partial charge in [-0.2, -0.15) is 0 Å². The highest BCUT2D eigenvalue weighted by Gasteiger charge is 2.25. The van der Waals surface area contributed by atoms with Crippen LogP contribution < -0.4 is 5.32 Å². The third-order valence-corrected chi connectivity index (χ3v) is 4.43. The summed E-state index contributed by atoms with van der Waals surface area (Å²) in [5, 5.41) is 5.73. The molecule has 2 rings (SSSR count). The van der Waals surface area contributed by atoms with Crippen LogP contribution in [-0.4, -0.2) is 19.3 Å². The minimum Gasteiger partial charge on any atom is -0.378 e. The maximum Gasteiger partial charge on any atom is 0.0613 e. The highest BCUT2D eigenvalue weighted by atomic mass is 32.1. The van der Waals surface area contributed by atoms with E-state index in [1.54, 1.807) is 0 Å². The smallest absolute Gasteiger partial charge is 0.0613 e. The summed E-state index contributed by atoms with van der Waals surface area (Å²) < 4.78 is 5.69. The van der Waals surface area contributed by atoms with Crippen LogP contribution in [0.4, 0.5) is 0 Å². The molecule has 0 radical (unpaired) electrons.